The SMILES string of the molecule is O=C(NCCSCc1ccc(Cl)cc1Cl)c1ccc([C@@H]2SCC(=O)N2Cc2ccco2)cc1. The summed E-state index contributed by atoms with van der Waals surface area (Å²) in [6.07, 6.45) is 1.61. The number of carbonyl (C=O) groups excluding carboxylic acids is 2. The zero-order valence-corrected chi connectivity index (χ0v) is 20.8. The van der Waals surface area contributed by atoms with Crippen molar-refractivity contribution in [3.8, 4) is 0 Å². The molecule has 2 heterocycles. The number of nitrogens with zero attached hydrogens (tertiary/aromatic N) is 1. The highest BCUT2D eigenvalue weighted by atomic mass is 35.5. The maximum absolute atomic E-state index is 12.5. The minimum absolute atomic E-state index is 0.0839. The predicted octanol–water partition coefficient (Wildman–Crippen LogP) is 6.02. The Kier molecular flexibility index (Phi) is 8.30. The molecule has 0 bridgehead atoms. The Balaban J connectivity index is 1.26. The summed E-state index contributed by atoms with van der Waals surface area (Å²) in [6, 6.07) is 16.6. The van der Waals surface area contributed by atoms with Gasteiger partial charge in [-0.25, -0.2) is 0 Å². The van der Waals surface area contributed by atoms with Gasteiger partial charge in [0, 0.05) is 33.7 Å². The molecule has 4 rings (SSSR count). The second-order valence-corrected chi connectivity index (χ2v) is 10.4. The molecule has 172 valence electrons. The molecule has 1 aliphatic rings. The van der Waals surface area contributed by atoms with Crippen LogP contribution in [0.4, 0.5) is 0 Å². The average molecular weight is 521 g/mol. The van der Waals surface area contributed by atoms with Gasteiger partial charge in [0.15, 0.2) is 0 Å². The monoisotopic (exact) mass is 520 g/mol. The van der Waals surface area contributed by atoms with E-state index in [-0.39, 0.29) is 17.2 Å². The summed E-state index contributed by atoms with van der Waals surface area (Å²) in [5, 5.41) is 4.14. The zero-order chi connectivity index (χ0) is 23.2. The van der Waals surface area contributed by atoms with Gasteiger partial charge in [-0.1, -0.05) is 41.4 Å². The molecule has 0 spiro atoms. The van der Waals surface area contributed by atoms with Crippen LogP contribution in [0.15, 0.2) is 65.3 Å². The van der Waals surface area contributed by atoms with E-state index in [4.69, 9.17) is 27.6 Å². The molecule has 1 aliphatic heterocycles. The fourth-order valence-corrected chi connectivity index (χ4v) is 6.04. The van der Waals surface area contributed by atoms with Crippen LogP contribution < -0.4 is 5.32 Å². The highest BCUT2D eigenvalue weighted by Gasteiger charge is 2.33. The molecule has 33 heavy (non-hydrogen) atoms. The molecule has 9 heteroatoms. The largest absolute Gasteiger partial charge is 0.467 e. The summed E-state index contributed by atoms with van der Waals surface area (Å²) >= 11 is 15.4. The summed E-state index contributed by atoms with van der Waals surface area (Å²) in [6.45, 7) is 0.991. The molecule has 1 saturated heterocycles. The van der Waals surface area contributed by atoms with Gasteiger partial charge in [-0.2, -0.15) is 11.8 Å². The second kappa shape index (κ2) is 11.4. The lowest BCUT2D eigenvalue weighted by atomic mass is 10.1. The van der Waals surface area contributed by atoms with Crippen LogP contribution in [-0.2, 0) is 17.1 Å². The third-order valence-electron chi connectivity index (χ3n) is 5.14. The van der Waals surface area contributed by atoms with Gasteiger partial charge in [0.1, 0.15) is 11.1 Å². The fraction of sp³-hybridized carbons (Fsp3) is 0.250. The number of nitrogens with one attached hydrogen (secondary N) is 1. The van der Waals surface area contributed by atoms with E-state index in [2.05, 4.69) is 5.32 Å². The quantitative estimate of drug-likeness (QED) is 0.349. The lowest BCUT2D eigenvalue weighted by Gasteiger charge is -2.23. The van der Waals surface area contributed by atoms with E-state index in [1.54, 1.807) is 48.0 Å². The molecule has 0 saturated carbocycles. The second-order valence-electron chi connectivity index (χ2n) is 7.43. The minimum atomic E-state index is -0.116. The van der Waals surface area contributed by atoms with Crippen molar-refractivity contribution >= 4 is 58.5 Å². The van der Waals surface area contributed by atoms with E-state index in [0.717, 1.165) is 28.4 Å². The Bertz CT molecular complexity index is 1110. The molecule has 1 aromatic heterocycles. The molecule has 1 fully saturated rings. The van der Waals surface area contributed by atoms with Crippen molar-refractivity contribution in [2.24, 2.45) is 0 Å². The molecule has 1 atom stereocenters. The molecule has 0 unspecified atom stereocenters. The lowest BCUT2D eigenvalue weighted by Crippen LogP contribution is -2.28. The van der Waals surface area contributed by atoms with E-state index in [1.807, 2.05) is 41.3 Å². The van der Waals surface area contributed by atoms with Crippen LogP contribution in [0, 0.1) is 0 Å². The number of rotatable bonds is 9. The summed E-state index contributed by atoms with van der Waals surface area (Å²) in [5.74, 6) is 2.68. The summed E-state index contributed by atoms with van der Waals surface area (Å²) in [4.78, 5) is 26.6. The van der Waals surface area contributed by atoms with Crippen LogP contribution in [0.25, 0.3) is 0 Å². The molecular formula is C24H22Cl2N2O3S2. The van der Waals surface area contributed by atoms with Gasteiger partial charge in [0.05, 0.1) is 18.6 Å². The first kappa shape index (κ1) is 24.1. The summed E-state index contributed by atoms with van der Waals surface area (Å²) in [5.41, 5.74) is 2.61. The van der Waals surface area contributed by atoms with Gasteiger partial charge in [-0.05, 0) is 47.5 Å². The van der Waals surface area contributed by atoms with E-state index < -0.39 is 0 Å². The van der Waals surface area contributed by atoms with Crippen LogP contribution in [0.1, 0.15) is 32.6 Å². The normalized spacial score (nSPS) is 15.8. The number of hydrogen-bond donors (Lipinski definition) is 1. The molecule has 3 aromatic rings. The maximum atomic E-state index is 12.5. The topological polar surface area (TPSA) is 62.6 Å². The fourth-order valence-electron chi connectivity index (χ4n) is 3.43. The number of amides is 2. The predicted molar refractivity (Wildman–Crippen MR) is 136 cm³/mol. The Hall–Kier alpha value is -2.06. The number of benzene rings is 2. The van der Waals surface area contributed by atoms with E-state index >= 15 is 0 Å². The van der Waals surface area contributed by atoms with Gasteiger partial charge in [-0.3, -0.25) is 9.59 Å². The third-order valence-corrected chi connectivity index (χ3v) is 7.99. The minimum Gasteiger partial charge on any atom is -0.467 e. The number of hydrogen-bond acceptors (Lipinski definition) is 5. The molecule has 0 aliphatic carbocycles. The van der Waals surface area contributed by atoms with Crippen molar-refractivity contribution in [3.63, 3.8) is 0 Å². The Morgan fingerprint density at radius 1 is 1.18 bits per heavy atom. The van der Waals surface area contributed by atoms with Crippen molar-refractivity contribution in [2.45, 2.75) is 17.7 Å². The molecule has 5 nitrogen and oxygen atoms in total. The van der Waals surface area contributed by atoms with Crippen LogP contribution in [0.2, 0.25) is 10.0 Å². The van der Waals surface area contributed by atoms with Crippen molar-refractivity contribution in [3.05, 3.63) is 93.4 Å². The molecule has 1 N–H and O–H groups in total. The van der Waals surface area contributed by atoms with Crippen molar-refractivity contribution in [2.75, 3.05) is 18.1 Å². The maximum Gasteiger partial charge on any atom is 0.251 e. The molecule has 2 aromatic carbocycles. The summed E-state index contributed by atoms with van der Waals surface area (Å²) in [7, 11) is 0. The van der Waals surface area contributed by atoms with E-state index in [1.165, 1.54) is 0 Å². The van der Waals surface area contributed by atoms with E-state index in [0.29, 0.717) is 34.5 Å². The number of thioether (sulfide) groups is 2. The molecule has 0 radical (unpaired) electrons. The number of halogens is 2. The van der Waals surface area contributed by atoms with Crippen LogP contribution in [0.3, 0.4) is 0 Å². The first-order chi connectivity index (χ1) is 16.0. The van der Waals surface area contributed by atoms with Gasteiger partial charge >= 0.3 is 0 Å². The highest BCUT2D eigenvalue weighted by Crippen LogP contribution is 2.39. The molecular weight excluding hydrogens is 499 g/mol. The first-order valence-corrected chi connectivity index (χ1v) is 13.3. The Morgan fingerprint density at radius 3 is 2.73 bits per heavy atom. The Morgan fingerprint density at radius 2 is 2.00 bits per heavy atom. The van der Waals surface area contributed by atoms with Crippen LogP contribution in [0.5, 0.6) is 0 Å². The van der Waals surface area contributed by atoms with Gasteiger partial charge < -0.3 is 14.6 Å². The highest BCUT2D eigenvalue weighted by molar-refractivity contribution is 8.00. The summed E-state index contributed by atoms with van der Waals surface area (Å²) < 4.78 is 5.40. The van der Waals surface area contributed by atoms with Crippen LogP contribution >= 0.6 is 46.7 Å². The van der Waals surface area contributed by atoms with Gasteiger partial charge in [0.2, 0.25) is 5.91 Å². The molecule has 2 amide bonds. The number of furan rings is 1. The number of carbonyl (C=O) groups is 2. The van der Waals surface area contributed by atoms with Crippen LogP contribution in [-0.4, -0.2) is 34.8 Å². The standard InChI is InChI=1S/C24H22Cl2N2O3S2/c25-19-8-7-18(21(26)12-19)14-32-11-9-27-23(30)16-3-5-17(6-4-16)24-28(22(29)15-33-24)13-20-2-1-10-31-20/h1-8,10,12,24H,9,11,13-15H2,(H,27,30)/t24-/m0/s1. The van der Waals surface area contributed by atoms with E-state index in [9.17, 15) is 9.59 Å². The van der Waals surface area contributed by atoms with Crippen molar-refractivity contribution < 1.29 is 14.0 Å². The smallest absolute Gasteiger partial charge is 0.251 e. The van der Waals surface area contributed by atoms with Gasteiger partial charge in [-0.15, -0.1) is 11.8 Å². The lowest BCUT2D eigenvalue weighted by molar-refractivity contribution is -0.128. The van der Waals surface area contributed by atoms with Crippen molar-refractivity contribution in [1.82, 2.24) is 10.2 Å². The first-order valence-electron chi connectivity index (χ1n) is 10.3. The zero-order valence-electron chi connectivity index (χ0n) is 17.6. The van der Waals surface area contributed by atoms with Crippen molar-refractivity contribution in [1.29, 1.82) is 0 Å². The van der Waals surface area contributed by atoms with Gasteiger partial charge in [0.25, 0.3) is 5.91 Å². The third kappa shape index (κ3) is 6.29. The average Bonchev–Trinajstić information content (AvgIpc) is 3.45. The Labute approximate surface area is 211 Å².